The molecule has 1 aliphatic rings. The summed E-state index contributed by atoms with van der Waals surface area (Å²) in [5.41, 5.74) is 6.19. The van der Waals surface area contributed by atoms with Crippen molar-refractivity contribution in [2.75, 3.05) is 17.2 Å². The highest BCUT2D eigenvalue weighted by Crippen LogP contribution is 2.27. The van der Waals surface area contributed by atoms with Crippen molar-refractivity contribution in [1.82, 2.24) is 9.97 Å². The molecule has 0 aliphatic heterocycles. The summed E-state index contributed by atoms with van der Waals surface area (Å²) in [6.07, 6.45) is 4.85. The van der Waals surface area contributed by atoms with Crippen LogP contribution in [0.5, 0.6) is 0 Å². The van der Waals surface area contributed by atoms with Gasteiger partial charge in [0.2, 0.25) is 11.8 Å². The Morgan fingerprint density at radius 3 is 2.59 bits per heavy atom. The maximum Gasteiger partial charge on any atom is 0.330 e. The number of hydrogen-bond donors (Lipinski definition) is 4. The van der Waals surface area contributed by atoms with Gasteiger partial charge in [-0.05, 0) is 37.2 Å². The average Bonchev–Trinajstić information content (AvgIpc) is 2.72. The van der Waals surface area contributed by atoms with Gasteiger partial charge in [0, 0.05) is 12.6 Å². The second-order valence-electron chi connectivity index (χ2n) is 7.17. The lowest BCUT2D eigenvalue weighted by Gasteiger charge is -2.26. The Hall–Kier alpha value is -3.27. The van der Waals surface area contributed by atoms with E-state index in [0.29, 0.717) is 18.0 Å². The molecule has 1 aliphatic carbocycles. The molecule has 1 aromatic heterocycles. The highest BCUT2D eigenvalue weighted by molar-refractivity contribution is 5.78. The van der Waals surface area contributed by atoms with Crippen LogP contribution in [0.15, 0.2) is 36.5 Å². The molecule has 1 aromatic carbocycles. The lowest BCUT2D eigenvalue weighted by molar-refractivity contribution is -0.384. The number of carboxylic acids is 1. The largest absolute Gasteiger partial charge is 0.479 e. The van der Waals surface area contributed by atoms with Crippen molar-refractivity contribution in [3.8, 4) is 0 Å². The fraction of sp³-hybridized carbons (Fsp3) is 0.421. The first kappa shape index (κ1) is 20.5. The van der Waals surface area contributed by atoms with Gasteiger partial charge in [0.1, 0.15) is 6.20 Å². The van der Waals surface area contributed by atoms with Gasteiger partial charge in [0.05, 0.1) is 4.92 Å². The molecule has 0 saturated heterocycles. The van der Waals surface area contributed by atoms with E-state index in [4.69, 9.17) is 5.73 Å². The van der Waals surface area contributed by atoms with Crippen molar-refractivity contribution >= 4 is 23.4 Å². The van der Waals surface area contributed by atoms with Crippen molar-refractivity contribution in [2.24, 2.45) is 11.7 Å². The van der Waals surface area contributed by atoms with Gasteiger partial charge in [-0.2, -0.15) is 4.98 Å². The zero-order valence-corrected chi connectivity index (χ0v) is 15.8. The molecule has 1 atom stereocenters. The van der Waals surface area contributed by atoms with Gasteiger partial charge >= 0.3 is 11.7 Å². The van der Waals surface area contributed by atoms with E-state index < -0.39 is 16.9 Å². The molecular formula is C19H24N6O4. The second kappa shape index (κ2) is 9.28. The minimum absolute atomic E-state index is 0.0000180. The Balaban J connectivity index is 1.76. The summed E-state index contributed by atoms with van der Waals surface area (Å²) in [5.74, 6) is -0.678. The summed E-state index contributed by atoms with van der Waals surface area (Å²) in [4.78, 5) is 30.6. The minimum atomic E-state index is -1.11. The molecule has 1 heterocycles. The molecule has 29 heavy (non-hydrogen) atoms. The monoisotopic (exact) mass is 400 g/mol. The van der Waals surface area contributed by atoms with Crippen LogP contribution >= 0.6 is 0 Å². The number of nitrogens with one attached hydrogen (secondary N) is 2. The van der Waals surface area contributed by atoms with Crippen LogP contribution in [0.1, 0.15) is 37.3 Å². The van der Waals surface area contributed by atoms with E-state index in [0.717, 1.165) is 31.9 Å². The van der Waals surface area contributed by atoms with Crippen LogP contribution in [-0.4, -0.2) is 38.6 Å². The standard InChI is InChI=1S/C19H24N6O4/c20-14-8-6-12(7-9-14)10-21-17-15(25(28)29)11-22-19(24-17)23-16(18(26)27)13-4-2-1-3-5-13/h1-5,11-12,14,16H,6-10,20H2,(H,26,27)(H2,21,22,23,24)/t12?,14?,16-/m0/s1. The number of nitrogens with zero attached hydrogens (tertiary/aromatic N) is 3. The average molecular weight is 400 g/mol. The molecule has 10 nitrogen and oxygen atoms in total. The van der Waals surface area contributed by atoms with Crippen molar-refractivity contribution in [1.29, 1.82) is 0 Å². The molecule has 1 fully saturated rings. The van der Waals surface area contributed by atoms with E-state index in [1.54, 1.807) is 30.3 Å². The molecule has 1 saturated carbocycles. The first-order valence-electron chi connectivity index (χ1n) is 9.49. The van der Waals surface area contributed by atoms with Crippen LogP contribution in [0.3, 0.4) is 0 Å². The van der Waals surface area contributed by atoms with Crippen LogP contribution < -0.4 is 16.4 Å². The van der Waals surface area contributed by atoms with Gasteiger partial charge in [-0.25, -0.2) is 9.78 Å². The van der Waals surface area contributed by atoms with Crippen molar-refractivity contribution in [2.45, 2.75) is 37.8 Å². The number of carboxylic acid groups (broad SMARTS) is 1. The highest BCUT2D eigenvalue weighted by atomic mass is 16.6. The normalized spacial score (nSPS) is 19.9. The number of benzene rings is 1. The quantitative estimate of drug-likeness (QED) is 0.386. The third kappa shape index (κ3) is 5.38. The van der Waals surface area contributed by atoms with Crippen molar-refractivity contribution < 1.29 is 14.8 Å². The SMILES string of the molecule is NC1CCC(CNc2nc(N[C@H](C(=O)O)c3ccccc3)ncc2[N+](=O)[O-])CC1. The fourth-order valence-electron chi connectivity index (χ4n) is 3.40. The number of anilines is 2. The predicted molar refractivity (Wildman–Crippen MR) is 108 cm³/mol. The van der Waals surface area contributed by atoms with Crippen molar-refractivity contribution in [3.63, 3.8) is 0 Å². The van der Waals surface area contributed by atoms with Crippen LogP contribution in [0, 0.1) is 16.0 Å². The lowest BCUT2D eigenvalue weighted by Crippen LogP contribution is -2.29. The summed E-state index contributed by atoms with van der Waals surface area (Å²) in [5, 5.41) is 26.7. The van der Waals surface area contributed by atoms with Gasteiger partial charge in [-0.15, -0.1) is 0 Å². The Kier molecular flexibility index (Phi) is 6.55. The van der Waals surface area contributed by atoms with Crippen LogP contribution in [0.4, 0.5) is 17.5 Å². The summed E-state index contributed by atoms with van der Waals surface area (Å²) in [7, 11) is 0. The molecule has 0 unspecified atom stereocenters. The Labute approximate surface area is 167 Å². The molecule has 10 heteroatoms. The summed E-state index contributed by atoms with van der Waals surface area (Å²) < 4.78 is 0. The zero-order chi connectivity index (χ0) is 20.8. The fourth-order valence-corrected chi connectivity index (χ4v) is 3.40. The summed E-state index contributed by atoms with van der Waals surface area (Å²) >= 11 is 0. The van der Waals surface area contributed by atoms with Gasteiger partial charge in [-0.1, -0.05) is 30.3 Å². The number of rotatable bonds is 8. The van der Waals surface area contributed by atoms with E-state index in [9.17, 15) is 20.0 Å². The Bertz CT molecular complexity index is 855. The number of hydrogen-bond acceptors (Lipinski definition) is 8. The second-order valence-corrected chi connectivity index (χ2v) is 7.17. The highest BCUT2D eigenvalue weighted by Gasteiger charge is 2.24. The molecule has 0 spiro atoms. The smallest absolute Gasteiger partial charge is 0.330 e. The number of carbonyl (C=O) groups is 1. The first-order valence-corrected chi connectivity index (χ1v) is 9.49. The third-order valence-electron chi connectivity index (χ3n) is 5.07. The predicted octanol–water partition coefficient (Wildman–Crippen LogP) is 2.55. The van der Waals surface area contributed by atoms with E-state index in [1.807, 2.05) is 0 Å². The van der Waals surface area contributed by atoms with E-state index in [2.05, 4.69) is 20.6 Å². The van der Waals surface area contributed by atoms with Crippen LogP contribution in [0.2, 0.25) is 0 Å². The third-order valence-corrected chi connectivity index (χ3v) is 5.07. The molecule has 2 aromatic rings. The van der Waals surface area contributed by atoms with E-state index in [-0.39, 0.29) is 23.5 Å². The molecular weight excluding hydrogens is 376 g/mol. The van der Waals surface area contributed by atoms with E-state index >= 15 is 0 Å². The number of nitro groups is 1. The van der Waals surface area contributed by atoms with Gasteiger partial charge in [-0.3, -0.25) is 10.1 Å². The number of nitrogens with two attached hydrogens (primary N) is 1. The van der Waals surface area contributed by atoms with Crippen LogP contribution in [0.25, 0.3) is 0 Å². The maximum atomic E-state index is 11.7. The van der Waals surface area contributed by atoms with Crippen molar-refractivity contribution in [3.05, 3.63) is 52.2 Å². The molecule has 5 N–H and O–H groups in total. The molecule has 3 rings (SSSR count). The number of aliphatic carboxylic acids is 1. The zero-order valence-electron chi connectivity index (χ0n) is 15.8. The molecule has 154 valence electrons. The van der Waals surface area contributed by atoms with E-state index in [1.165, 1.54) is 0 Å². The van der Waals surface area contributed by atoms with Gasteiger partial charge in [0.15, 0.2) is 6.04 Å². The van der Waals surface area contributed by atoms with Gasteiger partial charge < -0.3 is 21.5 Å². The number of aromatic nitrogens is 2. The maximum absolute atomic E-state index is 11.7. The van der Waals surface area contributed by atoms with Gasteiger partial charge in [0.25, 0.3) is 0 Å². The molecule has 0 bridgehead atoms. The lowest BCUT2D eigenvalue weighted by atomic mass is 9.86. The van der Waals surface area contributed by atoms with Crippen LogP contribution in [-0.2, 0) is 4.79 Å². The Morgan fingerprint density at radius 1 is 1.28 bits per heavy atom. The Morgan fingerprint density at radius 2 is 1.97 bits per heavy atom. The summed E-state index contributed by atoms with van der Waals surface area (Å²) in [6, 6.07) is 7.73. The topological polar surface area (TPSA) is 156 Å². The first-order chi connectivity index (χ1) is 13.9. The molecule has 0 radical (unpaired) electrons. The minimum Gasteiger partial charge on any atom is -0.479 e. The summed E-state index contributed by atoms with van der Waals surface area (Å²) in [6.45, 7) is 0.533. The molecule has 0 amide bonds.